The van der Waals surface area contributed by atoms with E-state index in [-0.39, 0.29) is 12.3 Å². The molecular weight excluding hydrogens is 240 g/mol. The van der Waals surface area contributed by atoms with Crippen LogP contribution in [-0.2, 0) is 9.53 Å². The zero-order valence-electron chi connectivity index (χ0n) is 10.8. The number of carbonyl (C=O) groups excluding carboxylic acids is 1. The maximum absolute atomic E-state index is 13.1. The number of amides is 1. The van der Waals surface area contributed by atoms with Gasteiger partial charge in [-0.05, 0) is 25.2 Å². The molecule has 18 heavy (non-hydrogen) atoms. The van der Waals surface area contributed by atoms with Crippen LogP contribution in [0.3, 0.4) is 0 Å². The molecule has 104 valence electrons. The van der Waals surface area contributed by atoms with Crippen molar-refractivity contribution < 1.29 is 18.3 Å². The summed E-state index contributed by atoms with van der Waals surface area (Å²) < 4.78 is 31.4. The van der Waals surface area contributed by atoms with Crippen molar-refractivity contribution in [2.75, 3.05) is 19.8 Å². The summed E-state index contributed by atoms with van der Waals surface area (Å²) in [5.41, 5.74) is 0. The summed E-state index contributed by atoms with van der Waals surface area (Å²) in [4.78, 5) is 13.5. The molecule has 2 rings (SSSR count). The van der Waals surface area contributed by atoms with Gasteiger partial charge in [-0.3, -0.25) is 4.79 Å². The molecule has 1 atom stereocenters. The Morgan fingerprint density at radius 3 is 2.50 bits per heavy atom. The lowest BCUT2D eigenvalue weighted by Crippen LogP contribution is -2.38. The Balaban J connectivity index is 1.87. The van der Waals surface area contributed by atoms with Gasteiger partial charge in [0.25, 0.3) is 5.92 Å². The van der Waals surface area contributed by atoms with Crippen molar-refractivity contribution in [3.63, 3.8) is 0 Å². The first-order valence-corrected chi connectivity index (χ1v) is 6.79. The summed E-state index contributed by atoms with van der Waals surface area (Å²) in [5, 5.41) is 0. The highest BCUT2D eigenvalue weighted by atomic mass is 19.3. The molecule has 1 saturated carbocycles. The molecule has 0 spiro atoms. The van der Waals surface area contributed by atoms with Crippen LogP contribution in [-0.4, -0.2) is 42.5 Å². The summed E-state index contributed by atoms with van der Waals surface area (Å²) in [6.45, 7) is 3.73. The zero-order chi connectivity index (χ0) is 13.2. The van der Waals surface area contributed by atoms with Crippen LogP contribution < -0.4 is 0 Å². The minimum atomic E-state index is -2.65. The average Bonchev–Trinajstić information content (AvgIpc) is 2.96. The maximum Gasteiger partial charge on any atom is 0.270 e. The molecule has 2 fully saturated rings. The van der Waals surface area contributed by atoms with Crippen molar-refractivity contribution >= 4 is 5.91 Å². The molecule has 1 aliphatic heterocycles. The fraction of sp³-hybridized carbons (Fsp3) is 0.923. The van der Waals surface area contributed by atoms with Gasteiger partial charge in [-0.15, -0.1) is 0 Å². The van der Waals surface area contributed by atoms with Gasteiger partial charge in [0.05, 0.1) is 0 Å². The lowest BCUT2D eigenvalue weighted by Gasteiger charge is -2.26. The van der Waals surface area contributed by atoms with Crippen LogP contribution >= 0.6 is 0 Å². The fourth-order valence-corrected chi connectivity index (χ4v) is 2.55. The van der Waals surface area contributed by atoms with Crippen LogP contribution in [0.1, 0.15) is 39.0 Å². The summed E-state index contributed by atoms with van der Waals surface area (Å²) >= 11 is 0. The van der Waals surface area contributed by atoms with Gasteiger partial charge in [-0.1, -0.05) is 6.92 Å². The van der Waals surface area contributed by atoms with Crippen LogP contribution in [0.2, 0.25) is 0 Å². The van der Waals surface area contributed by atoms with Crippen molar-refractivity contribution in [3.05, 3.63) is 0 Å². The predicted octanol–water partition coefficient (Wildman–Crippen LogP) is 2.45. The summed E-state index contributed by atoms with van der Waals surface area (Å²) in [7, 11) is 0. The molecule has 0 aromatic rings. The Hall–Kier alpha value is -0.710. The number of rotatable bonds is 5. The lowest BCUT2D eigenvalue weighted by atomic mass is 9.96. The van der Waals surface area contributed by atoms with E-state index in [1.54, 1.807) is 0 Å². The quantitative estimate of drug-likeness (QED) is 0.760. The van der Waals surface area contributed by atoms with E-state index in [2.05, 4.69) is 0 Å². The van der Waals surface area contributed by atoms with Crippen LogP contribution in [0.4, 0.5) is 8.78 Å². The van der Waals surface area contributed by atoms with Gasteiger partial charge < -0.3 is 9.64 Å². The van der Waals surface area contributed by atoms with E-state index in [9.17, 15) is 13.6 Å². The number of nitrogens with zero attached hydrogens (tertiary/aromatic N) is 1. The van der Waals surface area contributed by atoms with E-state index in [1.165, 1.54) is 4.90 Å². The normalized spacial score (nSPS) is 26.9. The lowest BCUT2D eigenvalue weighted by molar-refractivity contribution is -0.135. The van der Waals surface area contributed by atoms with E-state index in [0.717, 1.165) is 19.3 Å². The molecule has 0 bridgehead atoms. The largest absolute Gasteiger partial charge is 0.381 e. The standard InChI is InChI=1S/C13H21F2NO2/c1-2-5-16(11-9-13(11,14)15)12(17)8-10-3-6-18-7-4-10/h10-11H,2-9H2,1H3. The number of ether oxygens (including phenoxy) is 1. The first-order valence-electron chi connectivity index (χ1n) is 6.79. The highest BCUT2D eigenvalue weighted by Crippen LogP contribution is 2.46. The maximum atomic E-state index is 13.1. The molecule has 1 amide bonds. The van der Waals surface area contributed by atoms with Gasteiger partial charge in [0, 0.05) is 32.6 Å². The van der Waals surface area contributed by atoms with E-state index in [1.807, 2.05) is 6.92 Å². The number of alkyl halides is 2. The Morgan fingerprint density at radius 1 is 1.39 bits per heavy atom. The molecule has 1 heterocycles. The highest BCUT2D eigenvalue weighted by molar-refractivity contribution is 5.77. The summed E-state index contributed by atoms with van der Waals surface area (Å²) in [6, 6.07) is -0.843. The average molecular weight is 261 g/mol. The van der Waals surface area contributed by atoms with Crippen molar-refractivity contribution in [2.45, 2.75) is 51.0 Å². The molecule has 2 aliphatic rings. The number of hydrogen-bond acceptors (Lipinski definition) is 2. The van der Waals surface area contributed by atoms with E-state index >= 15 is 0 Å². The van der Waals surface area contributed by atoms with Gasteiger partial charge in [0.15, 0.2) is 0 Å². The molecule has 0 radical (unpaired) electrons. The molecule has 0 aromatic heterocycles. The zero-order valence-corrected chi connectivity index (χ0v) is 10.8. The highest BCUT2D eigenvalue weighted by Gasteiger charge is 2.61. The Kier molecular flexibility index (Phi) is 4.20. The first-order chi connectivity index (χ1) is 8.54. The molecule has 1 saturated heterocycles. The topological polar surface area (TPSA) is 29.5 Å². The Bertz CT molecular complexity index is 303. The van der Waals surface area contributed by atoms with Crippen molar-refractivity contribution in [1.29, 1.82) is 0 Å². The second-order valence-corrected chi connectivity index (χ2v) is 5.33. The van der Waals surface area contributed by atoms with E-state index in [0.29, 0.717) is 32.1 Å². The van der Waals surface area contributed by atoms with Crippen LogP contribution in [0, 0.1) is 5.92 Å². The number of halogens is 2. The fourth-order valence-electron chi connectivity index (χ4n) is 2.55. The first kappa shape index (κ1) is 13.7. The Morgan fingerprint density at radius 2 is 2.00 bits per heavy atom. The molecular formula is C13H21F2NO2. The van der Waals surface area contributed by atoms with Gasteiger partial charge in [0.1, 0.15) is 6.04 Å². The second kappa shape index (κ2) is 5.51. The second-order valence-electron chi connectivity index (χ2n) is 5.33. The van der Waals surface area contributed by atoms with E-state index in [4.69, 9.17) is 4.74 Å². The monoisotopic (exact) mass is 261 g/mol. The van der Waals surface area contributed by atoms with Gasteiger partial charge >= 0.3 is 0 Å². The molecule has 0 aromatic carbocycles. The molecule has 1 aliphatic carbocycles. The predicted molar refractivity (Wildman–Crippen MR) is 63.5 cm³/mol. The molecule has 0 N–H and O–H groups in total. The third-order valence-corrected chi connectivity index (χ3v) is 3.76. The molecule has 1 unspecified atom stereocenters. The number of carbonyl (C=O) groups is 1. The third kappa shape index (κ3) is 3.19. The summed E-state index contributed by atoms with van der Waals surface area (Å²) in [6.07, 6.45) is 2.70. The van der Waals surface area contributed by atoms with Crippen LogP contribution in [0.25, 0.3) is 0 Å². The minimum absolute atomic E-state index is 0.106. The van der Waals surface area contributed by atoms with E-state index < -0.39 is 12.0 Å². The van der Waals surface area contributed by atoms with Crippen molar-refractivity contribution in [2.24, 2.45) is 5.92 Å². The van der Waals surface area contributed by atoms with Crippen LogP contribution in [0.15, 0.2) is 0 Å². The third-order valence-electron chi connectivity index (χ3n) is 3.76. The van der Waals surface area contributed by atoms with Crippen LogP contribution in [0.5, 0.6) is 0 Å². The van der Waals surface area contributed by atoms with Gasteiger partial charge in [0.2, 0.25) is 5.91 Å². The van der Waals surface area contributed by atoms with Crippen molar-refractivity contribution in [1.82, 2.24) is 4.90 Å². The molecule has 5 heteroatoms. The van der Waals surface area contributed by atoms with Crippen molar-refractivity contribution in [3.8, 4) is 0 Å². The smallest absolute Gasteiger partial charge is 0.270 e. The Labute approximate surface area is 106 Å². The summed E-state index contributed by atoms with van der Waals surface area (Å²) in [5.74, 6) is -2.45. The van der Waals surface area contributed by atoms with Gasteiger partial charge in [-0.25, -0.2) is 8.78 Å². The SMILES string of the molecule is CCCN(C(=O)CC1CCOCC1)C1CC1(F)F. The minimum Gasteiger partial charge on any atom is -0.381 e. The number of hydrogen-bond donors (Lipinski definition) is 0. The molecule has 3 nitrogen and oxygen atoms in total. The van der Waals surface area contributed by atoms with Gasteiger partial charge in [-0.2, -0.15) is 0 Å².